The van der Waals surface area contributed by atoms with E-state index in [1.165, 1.54) is 29.1 Å². The minimum Gasteiger partial charge on any atom is -0.394 e. The number of benzene rings is 2. The number of hydrogen-bond donors (Lipinski definition) is 3. The molecule has 1 aliphatic heterocycles. The van der Waals surface area contributed by atoms with Gasteiger partial charge >= 0.3 is 0 Å². The standard InChI is InChI=1S/C22H18F4N6O4/c23-11-2-1-3-12(6-11)32-22(27-9-28-32)21-20(35)18(19(34)16(8-33)36-21)31-7-15(29-30-31)10-4-13(24)17(26)14(25)5-10/h1-7,9,16,18-21,33-35H,8H2/t16-,18+,19+,20-,21-/m1/s1. The third-order valence-electron chi connectivity index (χ3n) is 5.87. The van der Waals surface area contributed by atoms with Crippen molar-refractivity contribution in [3.05, 3.63) is 78.0 Å². The first-order chi connectivity index (χ1) is 17.3. The first-order valence-electron chi connectivity index (χ1n) is 10.6. The van der Waals surface area contributed by atoms with Gasteiger partial charge < -0.3 is 20.1 Å². The summed E-state index contributed by atoms with van der Waals surface area (Å²) in [7, 11) is 0. The predicted molar refractivity (Wildman–Crippen MR) is 112 cm³/mol. The predicted octanol–water partition coefficient (Wildman–Crippen LogP) is 1.48. The Morgan fingerprint density at radius 1 is 1.00 bits per heavy atom. The monoisotopic (exact) mass is 506 g/mol. The van der Waals surface area contributed by atoms with Crippen molar-refractivity contribution in [3.8, 4) is 16.9 Å². The number of ether oxygens (including phenoxy) is 1. The van der Waals surface area contributed by atoms with Crippen LogP contribution >= 0.6 is 0 Å². The summed E-state index contributed by atoms with van der Waals surface area (Å²) >= 11 is 0. The second-order valence-corrected chi connectivity index (χ2v) is 8.10. The Morgan fingerprint density at radius 3 is 2.44 bits per heavy atom. The van der Waals surface area contributed by atoms with Crippen LogP contribution < -0.4 is 0 Å². The van der Waals surface area contributed by atoms with Gasteiger partial charge in [0.15, 0.2) is 23.3 Å². The van der Waals surface area contributed by atoms with Crippen LogP contribution in [0.2, 0.25) is 0 Å². The highest BCUT2D eigenvalue weighted by Gasteiger charge is 2.48. The molecule has 0 unspecified atom stereocenters. The number of hydrogen-bond acceptors (Lipinski definition) is 8. The molecule has 0 spiro atoms. The van der Waals surface area contributed by atoms with Gasteiger partial charge in [0.1, 0.15) is 48.3 Å². The van der Waals surface area contributed by atoms with E-state index >= 15 is 0 Å². The number of aromatic nitrogens is 6. The zero-order valence-corrected chi connectivity index (χ0v) is 18.2. The van der Waals surface area contributed by atoms with Gasteiger partial charge in [-0.15, -0.1) is 5.10 Å². The smallest absolute Gasteiger partial charge is 0.194 e. The fourth-order valence-corrected chi connectivity index (χ4v) is 4.14. The van der Waals surface area contributed by atoms with Crippen LogP contribution in [0.1, 0.15) is 18.0 Å². The molecule has 2 aromatic heterocycles. The second-order valence-electron chi connectivity index (χ2n) is 8.10. The molecule has 2 aromatic carbocycles. The maximum absolute atomic E-state index is 13.8. The summed E-state index contributed by atoms with van der Waals surface area (Å²) in [6.07, 6.45) is -3.17. The van der Waals surface area contributed by atoms with E-state index in [-0.39, 0.29) is 22.8 Å². The Labute approximate surface area is 200 Å². The van der Waals surface area contributed by atoms with Gasteiger partial charge in [-0.1, -0.05) is 11.3 Å². The summed E-state index contributed by atoms with van der Waals surface area (Å²) in [6, 6.07) is 5.62. The molecule has 0 radical (unpaired) electrons. The summed E-state index contributed by atoms with van der Waals surface area (Å²) in [5.74, 6) is -4.99. The van der Waals surface area contributed by atoms with Gasteiger partial charge in [0.05, 0.1) is 18.5 Å². The van der Waals surface area contributed by atoms with Gasteiger partial charge in [0, 0.05) is 5.56 Å². The average Bonchev–Trinajstić information content (AvgIpc) is 3.53. The van der Waals surface area contributed by atoms with Crippen molar-refractivity contribution in [2.75, 3.05) is 6.61 Å². The summed E-state index contributed by atoms with van der Waals surface area (Å²) in [5, 5.41) is 43.5. The summed E-state index contributed by atoms with van der Waals surface area (Å²) in [5.41, 5.74) is 0.0819. The lowest BCUT2D eigenvalue weighted by Crippen LogP contribution is -2.53. The number of aliphatic hydroxyl groups is 3. The van der Waals surface area contributed by atoms with E-state index in [9.17, 15) is 32.9 Å². The molecule has 3 N–H and O–H groups in total. The molecule has 0 saturated carbocycles. The van der Waals surface area contributed by atoms with E-state index < -0.39 is 60.3 Å². The quantitative estimate of drug-likeness (QED) is 0.274. The fourth-order valence-electron chi connectivity index (χ4n) is 4.14. The van der Waals surface area contributed by atoms with Gasteiger partial charge in [-0.25, -0.2) is 31.9 Å². The normalized spacial score (nSPS) is 24.2. The van der Waals surface area contributed by atoms with Crippen LogP contribution in [0.3, 0.4) is 0 Å². The van der Waals surface area contributed by atoms with Crippen molar-refractivity contribution < 1.29 is 37.6 Å². The Hall–Kier alpha value is -3.72. The van der Waals surface area contributed by atoms with Crippen molar-refractivity contribution in [3.63, 3.8) is 0 Å². The van der Waals surface area contributed by atoms with E-state index in [1.54, 1.807) is 6.07 Å². The van der Waals surface area contributed by atoms with Gasteiger partial charge in [-0.2, -0.15) is 5.10 Å². The first-order valence-corrected chi connectivity index (χ1v) is 10.6. The van der Waals surface area contributed by atoms with Crippen LogP contribution in [0, 0.1) is 23.3 Å². The summed E-state index contributed by atoms with van der Waals surface area (Å²) < 4.78 is 62.5. The fraction of sp³-hybridized carbons (Fsp3) is 0.273. The lowest BCUT2D eigenvalue weighted by atomic mass is 9.92. The van der Waals surface area contributed by atoms with E-state index in [4.69, 9.17) is 4.74 Å². The van der Waals surface area contributed by atoms with Crippen molar-refractivity contribution in [1.82, 2.24) is 29.8 Å². The third-order valence-corrected chi connectivity index (χ3v) is 5.87. The topological polar surface area (TPSA) is 131 Å². The molecule has 3 heterocycles. The largest absolute Gasteiger partial charge is 0.394 e. The lowest BCUT2D eigenvalue weighted by Gasteiger charge is -2.41. The Kier molecular flexibility index (Phi) is 6.26. The third kappa shape index (κ3) is 4.13. The molecule has 14 heteroatoms. The van der Waals surface area contributed by atoms with Crippen LogP contribution in [0.25, 0.3) is 16.9 Å². The molecule has 5 rings (SSSR count). The molecule has 1 aliphatic rings. The van der Waals surface area contributed by atoms with Crippen LogP contribution in [0.5, 0.6) is 0 Å². The minimum absolute atomic E-state index is 0.0477. The van der Waals surface area contributed by atoms with Crippen LogP contribution in [0.4, 0.5) is 17.6 Å². The zero-order valence-electron chi connectivity index (χ0n) is 18.2. The number of halogens is 4. The highest BCUT2D eigenvalue weighted by atomic mass is 19.2. The SMILES string of the molecule is OC[C@H]1O[C@@H](c2ncnn2-c2cccc(F)c2)[C@H](O)[C@@H](n2cc(-c3cc(F)c(F)c(F)c3)nn2)[C@H]1O. The van der Waals surface area contributed by atoms with Crippen molar-refractivity contribution in [1.29, 1.82) is 0 Å². The van der Waals surface area contributed by atoms with E-state index in [0.29, 0.717) is 0 Å². The van der Waals surface area contributed by atoms with Crippen LogP contribution in [-0.4, -0.2) is 70.0 Å². The zero-order chi connectivity index (χ0) is 25.6. The molecule has 5 atom stereocenters. The van der Waals surface area contributed by atoms with Gasteiger partial charge in [-0.3, -0.25) is 0 Å². The second kappa shape index (κ2) is 9.39. The molecule has 1 fully saturated rings. The van der Waals surface area contributed by atoms with E-state index in [2.05, 4.69) is 20.4 Å². The number of aliphatic hydroxyl groups excluding tert-OH is 3. The molecular formula is C22H18F4N6O4. The summed E-state index contributed by atoms with van der Waals surface area (Å²) in [4.78, 5) is 4.12. The van der Waals surface area contributed by atoms with Crippen LogP contribution in [0.15, 0.2) is 48.9 Å². The average molecular weight is 506 g/mol. The van der Waals surface area contributed by atoms with Crippen molar-refractivity contribution in [2.45, 2.75) is 30.5 Å². The molecule has 10 nitrogen and oxygen atoms in total. The number of rotatable bonds is 5. The van der Waals surface area contributed by atoms with Gasteiger partial charge in [0.25, 0.3) is 0 Å². The maximum Gasteiger partial charge on any atom is 0.194 e. The highest BCUT2D eigenvalue weighted by Crippen LogP contribution is 2.38. The summed E-state index contributed by atoms with van der Waals surface area (Å²) in [6.45, 7) is -0.648. The Morgan fingerprint density at radius 2 is 1.75 bits per heavy atom. The lowest BCUT2D eigenvalue weighted by molar-refractivity contribution is -0.210. The minimum atomic E-state index is -1.64. The maximum atomic E-state index is 13.8. The van der Waals surface area contributed by atoms with Crippen molar-refractivity contribution >= 4 is 0 Å². The Bertz CT molecular complexity index is 1380. The highest BCUT2D eigenvalue weighted by molar-refractivity contribution is 5.58. The first kappa shape index (κ1) is 24.0. The molecule has 0 amide bonds. The molecule has 188 valence electrons. The molecule has 0 aliphatic carbocycles. The van der Waals surface area contributed by atoms with E-state index in [1.807, 2.05) is 0 Å². The molecular weight excluding hydrogens is 488 g/mol. The van der Waals surface area contributed by atoms with Gasteiger partial charge in [0.2, 0.25) is 0 Å². The van der Waals surface area contributed by atoms with Crippen molar-refractivity contribution in [2.24, 2.45) is 0 Å². The molecule has 4 aromatic rings. The molecule has 1 saturated heterocycles. The van der Waals surface area contributed by atoms with Crippen LogP contribution in [-0.2, 0) is 4.74 Å². The Balaban J connectivity index is 1.52. The molecule has 0 bridgehead atoms. The molecule has 36 heavy (non-hydrogen) atoms. The van der Waals surface area contributed by atoms with Gasteiger partial charge in [-0.05, 0) is 30.3 Å². The number of nitrogens with zero attached hydrogens (tertiary/aromatic N) is 6. The van der Waals surface area contributed by atoms with E-state index in [0.717, 1.165) is 23.1 Å².